The summed E-state index contributed by atoms with van der Waals surface area (Å²) in [5.74, 6) is 0. The van der Waals surface area contributed by atoms with Crippen LogP contribution >= 0.6 is 0 Å². The van der Waals surface area contributed by atoms with Crippen LogP contribution in [0.5, 0.6) is 0 Å². The van der Waals surface area contributed by atoms with Crippen molar-refractivity contribution in [2.24, 2.45) is 0 Å². The average molecular weight is 239 g/mol. The van der Waals surface area contributed by atoms with Gasteiger partial charge in [-0.25, -0.2) is 0 Å². The zero-order chi connectivity index (χ0) is 4.50. The fourth-order valence-electron chi connectivity index (χ4n) is 0. The van der Waals surface area contributed by atoms with Gasteiger partial charge in [0.05, 0.1) is 0 Å². The first-order valence-corrected chi connectivity index (χ1v) is 2.00. The van der Waals surface area contributed by atoms with E-state index < -0.39 is 10.4 Å². The predicted octanol–water partition coefficient (Wildman–Crippen LogP) is -5.10. The normalized spacial score (nSPS) is 6.44. The van der Waals surface area contributed by atoms with Crippen LogP contribution in [-0.4, -0.2) is 78.3 Å². The monoisotopic (exact) mass is 239 g/mol. The summed E-state index contributed by atoms with van der Waals surface area (Å²) in [5, 5.41) is 0. The van der Waals surface area contributed by atoms with Crippen LogP contribution in [0.15, 0.2) is 0 Å². The van der Waals surface area contributed by atoms with Gasteiger partial charge in [0.2, 0.25) is 0 Å². The number of rotatable bonds is 0. The van der Waals surface area contributed by atoms with E-state index in [4.69, 9.17) is 17.5 Å². The number of hydrogen-bond acceptors (Lipinski definition) is 4. The van der Waals surface area contributed by atoms with Crippen LogP contribution in [0.25, 0.3) is 0 Å². The van der Waals surface area contributed by atoms with E-state index in [1.54, 1.807) is 0 Å². The molecular formula is CaFeMgNaO4S+5. The Bertz CT molecular complexity index is 104. The van der Waals surface area contributed by atoms with E-state index in [0.29, 0.717) is 0 Å². The third-order valence-electron chi connectivity index (χ3n) is 0. The van der Waals surface area contributed by atoms with Crippen molar-refractivity contribution in [2.75, 3.05) is 0 Å². The van der Waals surface area contributed by atoms with Gasteiger partial charge in [-0.05, 0) is 0 Å². The SMILES string of the molecule is O=S(=O)([O-])[O-].[Ca+2].[Fe+2].[Mg+2].[Na+]. The van der Waals surface area contributed by atoms with Crippen LogP contribution < -0.4 is 29.6 Å². The zero-order valence-electron chi connectivity index (χ0n) is 4.81. The minimum absolute atomic E-state index is 0. The number of hydrogen-bond donors (Lipinski definition) is 0. The van der Waals surface area contributed by atoms with E-state index >= 15 is 0 Å². The molecule has 9 heteroatoms. The first-order chi connectivity index (χ1) is 2.00. The first kappa shape index (κ1) is 29.4. The van der Waals surface area contributed by atoms with Gasteiger partial charge in [-0.15, -0.1) is 0 Å². The van der Waals surface area contributed by atoms with Crippen LogP contribution in [0, 0.1) is 0 Å². The zero-order valence-corrected chi connectivity index (χ0v) is 12.4. The molecule has 0 aliphatic rings. The van der Waals surface area contributed by atoms with Gasteiger partial charge < -0.3 is 9.11 Å². The summed E-state index contributed by atoms with van der Waals surface area (Å²) in [6, 6.07) is 0. The second-order valence-electron chi connectivity index (χ2n) is 0.408. The predicted molar refractivity (Wildman–Crippen MR) is 22.0 cm³/mol. The molecule has 0 radical (unpaired) electrons. The molecule has 0 aromatic rings. The molecule has 0 aliphatic heterocycles. The molecule has 38 valence electrons. The van der Waals surface area contributed by atoms with Gasteiger partial charge in [-0.2, -0.15) is 0 Å². The molecule has 0 unspecified atom stereocenters. The molecule has 0 rings (SSSR count). The maximum Gasteiger partial charge on any atom is 2.00 e. The van der Waals surface area contributed by atoms with Gasteiger partial charge in [0.1, 0.15) is 0 Å². The first-order valence-electron chi connectivity index (χ1n) is 0.667. The Kier molecular flexibility index (Phi) is 45.7. The van der Waals surface area contributed by atoms with Gasteiger partial charge in [-0.1, -0.05) is 0 Å². The van der Waals surface area contributed by atoms with Crippen LogP contribution in [0.1, 0.15) is 0 Å². The van der Waals surface area contributed by atoms with Crippen molar-refractivity contribution in [1.82, 2.24) is 0 Å². The Balaban J connectivity index is -0.0000000133. The van der Waals surface area contributed by atoms with Crippen molar-refractivity contribution in [3.8, 4) is 0 Å². The van der Waals surface area contributed by atoms with Gasteiger partial charge in [0, 0.05) is 10.4 Å². The molecule has 0 spiro atoms. The van der Waals surface area contributed by atoms with E-state index in [1.165, 1.54) is 0 Å². The molecule has 0 bridgehead atoms. The summed E-state index contributed by atoms with van der Waals surface area (Å²) in [5.41, 5.74) is 0. The second kappa shape index (κ2) is 14.0. The van der Waals surface area contributed by atoms with Crippen molar-refractivity contribution in [3.05, 3.63) is 0 Å². The summed E-state index contributed by atoms with van der Waals surface area (Å²) in [6.07, 6.45) is 0. The fraction of sp³-hybridized carbons (Fsp3) is 0. The summed E-state index contributed by atoms with van der Waals surface area (Å²) >= 11 is 0. The topological polar surface area (TPSA) is 80.3 Å². The van der Waals surface area contributed by atoms with Gasteiger partial charge in [0.25, 0.3) is 0 Å². The summed E-state index contributed by atoms with van der Waals surface area (Å²) in [6.45, 7) is 0. The van der Waals surface area contributed by atoms with Crippen LogP contribution in [-0.2, 0) is 27.5 Å². The van der Waals surface area contributed by atoms with Crippen molar-refractivity contribution in [2.45, 2.75) is 0 Å². The minimum Gasteiger partial charge on any atom is -0.759 e. The summed E-state index contributed by atoms with van der Waals surface area (Å²) < 4.78 is 34.1. The Labute approximate surface area is 132 Å². The molecule has 0 atom stereocenters. The van der Waals surface area contributed by atoms with E-state index in [9.17, 15) is 0 Å². The van der Waals surface area contributed by atoms with E-state index in [-0.39, 0.29) is 107 Å². The quantitative estimate of drug-likeness (QED) is 0.241. The Morgan fingerprint density at radius 2 is 1.11 bits per heavy atom. The molecular weight excluding hydrogens is 239 g/mol. The Morgan fingerprint density at radius 1 is 1.11 bits per heavy atom. The van der Waals surface area contributed by atoms with Crippen molar-refractivity contribution in [1.29, 1.82) is 0 Å². The molecule has 9 heavy (non-hydrogen) atoms. The summed E-state index contributed by atoms with van der Waals surface area (Å²) in [4.78, 5) is 0. The Hall–Kier alpha value is 3.42. The van der Waals surface area contributed by atoms with Crippen LogP contribution in [0.2, 0.25) is 0 Å². The molecule has 0 fully saturated rings. The van der Waals surface area contributed by atoms with E-state index in [0.717, 1.165) is 0 Å². The third-order valence-corrected chi connectivity index (χ3v) is 0. The van der Waals surface area contributed by atoms with Gasteiger partial charge >= 0.3 is 107 Å². The smallest absolute Gasteiger partial charge is 0.759 e. The van der Waals surface area contributed by atoms with Crippen molar-refractivity contribution < 1.29 is 64.1 Å². The fourth-order valence-corrected chi connectivity index (χ4v) is 0. The molecule has 0 aromatic carbocycles. The summed E-state index contributed by atoms with van der Waals surface area (Å²) in [7, 11) is -5.17. The van der Waals surface area contributed by atoms with Gasteiger partial charge in [-0.3, -0.25) is 8.42 Å². The van der Waals surface area contributed by atoms with Gasteiger partial charge in [0.15, 0.2) is 0 Å². The maximum atomic E-state index is 8.52. The van der Waals surface area contributed by atoms with E-state index in [1.807, 2.05) is 0 Å². The molecule has 0 aromatic heterocycles. The maximum absolute atomic E-state index is 8.52. The Morgan fingerprint density at radius 3 is 1.11 bits per heavy atom. The molecule has 0 heterocycles. The average Bonchev–Trinajstić information content (AvgIpc) is 0.722. The molecule has 0 saturated heterocycles. The largest absolute Gasteiger partial charge is 2.00 e. The molecule has 4 nitrogen and oxygen atoms in total. The standard InChI is InChI=1S/Ca.Fe.Mg.Na.H2O4S/c;;;;1-5(2,3)4/h;;;;(H2,1,2,3,4)/q3*+2;+1;/p-2. The molecule has 0 aliphatic carbocycles. The molecule has 0 N–H and O–H groups in total. The van der Waals surface area contributed by atoms with Crippen molar-refractivity contribution in [3.63, 3.8) is 0 Å². The van der Waals surface area contributed by atoms with Crippen LogP contribution in [0.3, 0.4) is 0 Å². The second-order valence-corrected chi connectivity index (χ2v) is 1.22. The third kappa shape index (κ3) is 86.8. The van der Waals surface area contributed by atoms with E-state index in [2.05, 4.69) is 0 Å². The van der Waals surface area contributed by atoms with Crippen molar-refractivity contribution >= 4 is 71.2 Å². The molecule has 0 saturated carbocycles. The van der Waals surface area contributed by atoms with Crippen LogP contribution in [0.4, 0.5) is 0 Å². The molecule has 0 amide bonds. The minimum atomic E-state index is -5.17.